The van der Waals surface area contributed by atoms with Gasteiger partial charge in [0.2, 0.25) is 5.95 Å². The van der Waals surface area contributed by atoms with Gasteiger partial charge >= 0.3 is 0 Å². The van der Waals surface area contributed by atoms with Crippen molar-refractivity contribution >= 4 is 11.8 Å². The van der Waals surface area contributed by atoms with Crippen molar-refractivity contribution in [1.82, 2.24) is 14.9 Å². The van der Waals surface area contributed by atoms with E-state index in [2.05, 4.69) is 20.9 Å². The quantitative estimate of drug-likeness (QED) is 0.857. The highest BCUT2D eigenvalue weighted by molar-refractivity contribution is 5.77. The maximum atomic E-state index is 9.39. The molecule has 3 rings (SSSR count). The predicted octanol–water partition coefficient (Wildman–Crippen LogP) is 2.04. The van der Waals surface area contributed by atoms with Gasteiger partial charge in [-0.3, -0.25) is 4.90 Å². The van der Waals surface area contributed by atoms with Crippen LogP contribution in [0.25, 0.3) is 11.3 Å². The molecule has 0 saturated carbocycles. The van der Waals surface area contributed by atoms with Crippen LogP contribution in [0.4, 0.5) is 11.8 Å². The second-order valence-electron chi connectivity index (χ2n) is 6.05. The number of aromatic nitrogens is 2. The smallest absolute Gasteiger partial charge is 0.222 e. The molecule has 1 saturated heterocycles. The standard InChI is InChI=1S/C18H22N6O/c19-12-14-16(22-18(21)23-17(14)20)13-6-2-3-7-15(13)25-11-10-24-8-4-1-5-9-24/h2-3,6-7H,1,4-5,8-11H2,(H4,20,21,22,23). The first-order valence-corrected chi connectivity index (χ1v) is 8.46. The molecule has 2 heterocycles. The Morgan fingerprint density at radius 3 is 2.64 bits per heavy atom. The van der Waals surface area contributed by atoms with Gasteiger partial charge < -0.3 is 16.2 Å². The van der Waals surface area contributed by atoms with E-state index in [0.717, 1.165) is 19.6 Å². The Kier molecular flexibility index (Phi) is 5.31. The van der Waals surface area contributed by atoms with Crippen molar-refractivity contribution < 1.29 is 4.74 Å². The number of hydrogen-bond acceptors (Lipinski definition) is 7. The van der Waals surface area contributed by atoms with Crippen molar-refractivity contribution in [2.45, 2.75) is 19.3 Å². The topological polar surface area (TPSA) is 114 Å². The summed E-state index contributed by atoms with van der Waals surface area (Å²) in [6.45, 7) is 3.72. The zero-order valence-electron chi connectivity index (χ0n) is 14.1. The van der Waals surface area contributed by atoms with Gasteiger partial charge in [-0.2, -0.15) is 10.2 Å². The molecule has 0 bridgehead atoms. The molecule has 1 fully saturated rings. The van der Waals surface area contributed by atoms with E-state index < -0.39 is 0 Å². The molecule has 1 aromatic heterocycles. The van der Waals surface area contributed by atoms with E-state index >= 15 is 0 Å². The van der Waals surface area contributed by atoms with Gasteiger partial charge in [-0.05, 0) is 38.1 Å². The lowest BCUT2D eigenvalue weighted by Crippen LogP contribution is -2.33. The second kappa shape index (κ2) is 7.81. The molecule has 0 amide bonds. The van der Waals surface area contributed by atoms with Crippen LogP contribution in [0.5, 0.6) is 5.75 Å². The summed E-state index contributed by atoms with van der Waals surface area (Å²) in [5.41, 5.74) is 12.8. The average molecular weight is 338 g/mol. The Bertz CT molecular complexity index is 780. The summed E-state index contributed by atoms with van der Waals surface area (Å²) in [7, 11) is 0. The van der Waals surface area contributed by atoms with Gasteiger partial charge in [0.05, 0.1) is 5.69 Å². The normalized spacial score (nSPS) is 14.8. The summed E-state index contributed by atoms with van der Waals surface area (Å²) < 4.78 is 5.98. The fourth-order valence-electron chi connectivity index (χ4n) is 3.06. The minimum atomic E-state index is 0.0367. The molecule has 0 atom stereocenters. The van der Waals surface area contributed by atoms with E-state index in [1.54, 1.807) is 0 Å². The number of nitrogen functional groups attached to an aromatic ring is 2. The van der Waals surface area contributed by atoms with Gasteiger partial charge in [0.15, 0.2) is 0 Å². The Morgan fingerprint density at radius 1 is 1.12 bits per heavy atom. The molecule has 0 unspecified atom stereocenters. The van der Waals surface area contributed by atoms with Gasteiger partial charge in [0.1, 0.15) is 29.8 Å². The number of benzene rings is 1. The zero-order chi connectivity index (χ0) is 17.6. The average Bonchev–Trinajstić information content (AvgIpc) is 2.62. The molecule has 130 valence electrons. The Hall–Kier alpha value is -2.85. The van der Waals surface area contributed by atoms with Gasteiger partial charge in [-0.15, -0.1) is 0 Å². The molecule has 1 aromatic carbocycles. The van der Waals surface area contributed by atoms with Crippen LogP contribution in [-0.4, -0.2) is 41.1 Å². The number of hydrogen-bond donors (Lipinski definition) is 2. The van der Waals surface area contributed by atoms with E-state index in [-0.39, 0.29) is 17.3 Å². The molecular weight excluding hydrogens is 316 g/mol. The predicted molar refractivity (Wildman–Crippen MR) is 96.8 cm³/mol. The van der Waals surface area contributed by atoms with Crippen LogP contribution in [0, 0.1) is 11.3 Å². The van der Waals surface area contributed by atoms with Crippen molar-refractivity contribution in [1.29, 1.82) is 5.26 Å². The Balaban J connectivity index is 1.81. The Morgan fingerprint density at radius 2 is 1.88 bits per heavy atom. The number of rotatable bonds is 5. The summed E-state index contributed by atoms with van der Waals surface area (Å²) >= 11 is 0. The number of anilines is 2. The van der Waals surface area contributed by atoms with Crippen molar-refractivity contribution in [3.8, 4) is 23.1 Å². The highest BCUT2D eigenvalue weighted by atomic mass is 16.5. The third kappa shape index (κ3) is 3.98. The van der Waals surface area contributed by atoms with E-state index in [4.69, 9.17) is 16.2 Å². The van der Waals surface area contributed by atoms with Crippen LogP contribution >= 0.6 is 0 Å². The molecule has 25 heavy (non-hydrogen) atoms. The fraction of sp³-hybridized carbons (Fsp3) is 0.389. The van der Waals surface area contributed by atoms with Crippen LogP contribution in [0.2, 0.25) is 0 Å². The summed E-state index contributed by atoms with van der Waals surface area (Å²) in [5, 5.41) is 9.39. The second-order valence-corrected chi connectivity index (χ2v) is 6.05. The number of ether oxygens (including phenoxy) is 1. The number of nitriles is 1. The van der Waals surface area contributed by atoms with E-state index in [1.165, 1.54) is 19.3 Å². The first-order valence-electron chi connectivity index (χ1n) is 8.46. The van der Waals surface area contributed by atoms with Gasteiger partial charge in [-0.25, -0.2) is 4.98 Å². The van der Waals surface area contributed by atoms with Crippen molar-refractivity contribution in [2.75, 3.05) is 37.7 Å². The fourth-order valence-corrected chi connectivity index (χ4v) is 3.06. The third-order valence-electron chi connectivity index (χ3n) is 4.32. The van der Waals surface area contributed by atoms with Crippen LogP contribution in [0.3, 0.4) is 0 Å². The van der Waals surface area contributed by atoms with Crippen molar-refractivity contribution in [3.63, 3.8) is 0 Å². The minimum Gasteiger partial charge on any atom is -0.492 e. The first kappa shape index (κ1) is 17.0. The van der Waals surface area contributed by atoms with Gasteiger partial charge in [0.25, 0.3) is 0 Å². The molecule has 7 nitrogen and oxygen atoms in total. The summed E-state index contributed by atoms with van der Waals surface area (Å²) in [5.74, 6) is 0.774. The lowest BCUT2D eigenvalue weighted by Gasteiger charge is -2.26. The van der Waals surface area contributed by atoms with E-state index in [1.807, 2.05) is 24.3 Å². The van der Waals surface area contributed by atoms with E-state index in [0.29, 0.717) is 23.6 Å². The number of likely N-dealkylation sites (tertiary alicyclic amines) is 1. The molecule has 1 aliphatic heterocycles. The summed E-state index contributed by atoms with van der Waals surface area (Å²) in [4.78, 5) is 10.5. The highest BCUT2D eigenvalue weighted by Gasteiger charge is 2.17. The Labute approximate surface area is 147 Å². The molecule has 0 spiro atoms. The molecule has 2 aromatic rings. The van der Waals surface area contributed by atoms with Crippen LogP contribution in [-0.2, 0) is 0 Å². The largest absolute Gasteiger partial charge is 0.492 e. The van der Waals surface area contributed by atoms with Crippen LogP contribution in [0.15, 0.2) is 24.3 Å². The summed E-state index contributed by atoms with van der Waals surface area (Å²) in [6.07, 6.45) is 3.82. The highest BCUT2D eigenvalue weighted by Crippen LogP contribution is 2.32. The lowest BCUT2D eigenvalue weighted by molar-refractivity contribution is 0.183. The molecule has 0 radical (unpaired) electrons. The third-order valence-corrected chi connectivity index (χ3v) is 4.32. The molecular formula is C18H22N6O. The lowest BCUT2D eigenvalue weighted by atomic mass is 10.1. The number of nitrogens with zero attached hydrogens (tertiary/aromatic N) is 4. The molecule has 0 aliphatic carbocycles. The monoisotopic (exact) mass is 338 g/mol. The SMILES string of the molecule is N#Cc1c(N)nc(N)nc1-c1ccccc1OCCN1CCCCC1. The van der Waals surface area contributed by atoms with Crippen molar-refractivity contribution in [2.24, 2.45) is 0 Å². The number of nitrogens with two attached hydrogens (primary N) is 2. The van der Waals surface area contributed by atoms with Crippen LogP contribution < -0.4 is 16.2 Å². The maximum absolute atomic E-state index is 9.39. The van der Waals surface area contributed by atoms with Crippen LogP contribution in [0.1, 0.15) is 24.8 Å². The van der Waals surface area contributed by atoms with Gasteiger partial charge in [-0.1, -0.05) is 18.6 Å². The van der Waals surface area contributed by atoms with Gasteiger partial charge in [0, 0.05) is 12.1 Å². The number of para-hydroxylation sites is 1. The maximum Gasteiger partial charge on any atom is 0.222 e. The molecule has 1 aliphatic rings. The van der Waals surface area contributed by atoms with E-state index in [9.17, 15) is 5.26 Å². The number of piperidine rings is 1. The zero-order valence-corrected chi connectivity index (χ0v) is 14.1. The minimum absolute atomic E-state index is 0.0367. The molecule has 4 N–H and O–H groups in total. The van der Waals surface area contributed by atoms with Crippen molar-refractivity contribution in [3.05, 3.63) is 29.8 Å². The summed E-state index contributed by atoms with van der Waals surface area (Å²) in [6, 6.07) is 9.52. The molecule has 7 heteroatoms. The first-order chi connectivity index (χ1) is 12.2.